The number of hydrogen-bond acceptors (Lipinski definition) is 3. The standard InChI is InChI=1S/C16H17ClO3/c1-3-20-16(18)14-9-6-12(17)10-15(14)11-4-7-13(19-2)8-5-11/h4-5,7-8,10H,3,6,9H2,1-2H3. The van der Waals surface area contributed by atoms with Crippen LogP contribution in [-0.4, -0.2) is 19.7 Å². The molecule has 106 valence electrons. The number of carbonyl (C=O) groups excluding carboxylic acids is 1. The van der Waals surface area contributed by atoms with Gasteiger partial charge in [0.1, 0.15) is 5.75 Å². The highest BCUT2D eigenvalue weighted by atomic mass is 35.5. The van der Waals surface area contributed by atoms with Crippen molar-refractivity contribution in [1.82, 2.24) is 0 Å². The molecule has 3 nitrogen and oxygen atoms in total. The first-order chi connectivity index (χ1) is 9.65. The van der Waals surface area contributed by atoms with Crippen LogP contribution in [0.4, 0.5) is 0 Å². The van der Waals surface area contributed by atoms with Crippen molar-refractivity contribution in [2.45, 2.75) is 19.8 Å². The lowest BCUT2D eigenvalue weighted by Crippen LogP contribution is -2.12. The monoisotopic (exact) mass is 292 g/mol. The summed E-state index contributed by atoms with van der Waals surface area (Å²) in [4.78, 5) is 12.0. The maximum atomic E-state index is 12.0. The number of carbonyl (C=O) groups is 1. The van der Waals surface area contributed by atoms with Crippen LogP contribution in [0, 0.1) is 0 Å². The number of esters is 1. The van der Waals surface area contributed by atoms with Gasteiger partial charge in [0.05, 0.1) is 13.7 Å². The molecular weight excluding hydrogens is 276 g/mol. The van der Waals surface area contributed by atoms with E-state index >= 15 is 0 Å². The van der Waals surface area contributed by atoms with Crippen LogP contribution in [0.15, 0.2) is 40.9 Å². The summed E-state index contributed by atoms with van der Waals surface area (Å²) in [5, 5.41) is 0.754. The first kappa shape index (κ1) is 14.7. The molecule has 0 amide bonds. The van der Waals surface area contributed by atoms with Gasteiger partial charge in [0, 0.05) is 10.6 Å². The van der Waals surface area contributed by atoms with Gasteiger partial charge in [-0.15, -0.1) is 0 Å². The zero-order valence-corrected chi connectivity index (χ0v) is 12.4. The molecule has 2 rings (SSSR count). The van der Waals surface area contributed by atoms with Crippen molar-refractivity contribution < 1.29 is 14.3 Å². The van der Waals surface area contributed by atoms with E-state index in [1.165, 1.54) is 0 Å². The van der Waals surface area contributed by atoms with Crippen molar-refractivity contribution in [1.29, 1.82) is 0 Å². The Morgan fingerprint density at radius 1 is 1.25 bits per heavy atom. The zero-order valence-electron chi connectivity index (χ0n) is 11.6. The highest BCUT2D eigenvalue weighted by Gasteiger charge is 2.21. The van der Waals surface area contributed by atoms with Gasteiger partial charge in [0.15, 0.2) is 0 Å². The molecule has 1 aliphatic rings. The third-order valence-corrected chi connectivity index (χ3v) is 3.46. The van der Waals surface area contributed by atoms with Crippen molar-refractivity contribution in [3.8, 4) is 5.75 Å². The summed E-state index contributed by atoms with van der Waals surface area (Å²) in [5.41, 5.74) is 2.45. The highest BCUT2D eigenvalue weighted by Crippen LogP contribution is 2.33. The van der Waals surface area contributed by atoms with Gasteiger partial charge in [-0.1, -0.05) is 23.7 Å². The lowest BCUT2D eigenvalue weighted by Gasteiger charge is -2.17. The molecule has 0 saturated carbocycles. The Labute approximate surface area is 123 Å². The molecule has 4 heteroatoms. The van der Waals surface area contributed by atoms with Crippen molar-refractivity contribution in [3.05, 3.63) is 46.5 Å². The van der Waals surface area contributed by atoms with E-state index in [4.69, 9.17) is 21.1 Å². The normalized spacial score (nSPS) is 14.8. The van der Waals surface area contributed by atoms with Crippen LogP contribution in [-0.2, 0) is 9.53 Å². The van der Waals surface area contributed by atoms with Crippen LogP contribution >= 0.6 is 11.6 Å². The van der Waals surface area contributed by atoms with E-state index in [0.717, 1.165) is 21.9 Å². The second-order valence-corrected chi connectivity index (χ2v) is 4.92. The van der Waals surface area contributed by atoms with E-state index in [1.807, 2.05) is 30.3 Å². The number of methoxy groups -OCH3 is 1. The molecule has 0 fully saturated rings. The van der Waals surface area contributed by atoms with E-state index in [9.17, 15) is 4.79 Å². The number of ether oxygens (including phenoxy) is 2. The molecule has 0 bridgehead atoms. The van der Waals surface area contributed by atoms with E-state index in [1.54, 1.807) is 14.0 Å². The quantitative estimate of drug-likeness (QED) is 0.789. The average Bonchev–Trinajstić information content (AvgIpc) is 2.47. The van der Waals surface area contributed by atoms with Gasteiger partial charge in [0.25, 0.3) is 0 Å². The van der Waals surface area contributed by atoms with Gasteiger partial charge in [-0.05, 0) is 49.1 Å². The smallest absolute Gasteiger partial charge is 0.334 e. The molecule has 0 aromatic heterocycles. The lowest BCUT2D eigenvalue weighted by molar-refractivity contribution is -0.138. The predicted octanol–water partition coefficient (Wildman–Crippen LogP) is 3.93. The third-order valence-electron chi connectivity index (χ3n) is 3.16. The number of benzene rings is 1. The second kappa shape index (κ2) is 6.62. The predicted molar refractivity (Wildman–Crippen MR) is 79.7 cm³/mol. The van der Waals surface area contributed by atoms with Crippen molar-refractivity contribution in [2.75, 3.05) is 13.7 Å². The minimum atomic E-state index is -0.265. The number of allylic oxidation sites excluding steroid dienone is 3. The van der Waals surface area contributed by atoms with Gasteiger partial charge in [-0.3, -0.25) is 0 Å². The van der Waals surface area contributed by atoms with Crippen LogP contribution in [0.25, 0.3) is 5.57 Å². The summed E-state index contributed by atoms with van der Waals surface area (Å²) >= 11 is 6.12. The summed E-state index contributed by atoms with van der Waals surface area (Å²) in [6, 6.07) is 7.56. The summed E-state index contributed by atoms with van der Waals surface area (Å²) in [6.07, 6.45) is 3.13. The van der Waals surface area contributed by atoms with Crippen LogP contribution in [0.5, 0.6) is 5.75 Å². The fourth-order valence-corrected chi connectivity index (χ4v) is 2.36. The maximum Gasteiger partial charge on any atom is 0.334 e. The van der Waals surface area contributed by atoms with E-state index < -0.39 is 0 Å². The molecule has 0 aliphatic heterocycles. The third kappa shape index (κ3) is 3.23. The SMILES string of the molecule is CCOC(=O)C1=C(c2ccc(OC)cc2)C=C(Cl)CC1. The second-order valence-electron chi connectivity index (χ2n) is 4.43. The fourth-order valence-electron chi connectivity index (χ4n) is 2.15. The Balaban J connectivity index is 2.42. The molecular formula is C16H17ClO3. The van der Waals surface area contributed by atoms with Gasteiger partial charge < -0.3 is 9.47 Å². The lowest BCUT2D eigenvalue weighted by atomic mass is 9.92. The zero-order chi connectivity index (χ0) is 14.5. The Morgan fingerprint density at radius 2 is 1.95 bits per heavy atom. The van der Waals surface area contributed by atoms with E-state index in [2.05, 4.69) is 0 Å². The molecule has 1 aromatic carbocycles. The Morgan fingerprint density at radius 3 is 2.55 bits per heavy atom. The summed E-state index contributed by atoms with van der Waals surface area (Å²) in [5.74, 6) is 0.511. The van der Waals surface area contributed by atoms with Gasteiger partial charge in [-0.2, -0.15) is 0 Å². The fraction of sp³-hybridized carbons (Fsp3) is 0.312. The van der Waals surface area contributed by atoms with Crippen LogP contribution in [0.1, 0.15) is 25.3 Å². The van der Waals surface area contributed by atoms with Gasteiger partial charge >= 0.3 is 5.97 Å². The van der Waals surface area contributed by atoms with Crippen LogP contribution < -0.4 is 4.74 Å². The van der Waals surface area contributed by atoms with Gasteiger partial charge in [-0.25, -0.2) is 4.79 Å². The van der Waals surface area contributed by atoms with Crippen molar-refractivity contribution in [3.63, 3.8) is 0 Å². The Bertz CT molecular complexity index is 556. The molecule has 1 aliphatic carbocycles. The summed E-state index contributed by atoms with van der Waals surface area (Å²) in [7, 11) is 1.62. The first-order valence-corrected chi connectivity index (χ1v) is 6.94. The molecule has 0 unspecified atom stereocenters. The van der Waals surface area contributed by atoms with Crippen LogP contribution in [0.3, 0.4) is 0 Å². The molecule has 20 heavy (non-hydrogen) atoms. The Hall–Kier alpha value is -1.74. The Kier molecular flexibility index (Phi) is 4.85. The topological polar surface area (TPSA) is 35.5 Å². The van der Waals surface area contributed by atoms with Crippen molar-refractivity contribution >= 4 is 23.1 Å². The minimum absolute atomic E-state index is 0.265. The maximum absolute atomic E-state index is 12.0. The van der Waals surface area contributed by atoms with E-state index in [-0.39, 0.29) is 5.97 Å². The van der Waals surface area contributed by atoms with Crippen LogP contribution in [0.2, 0.25) is 0 Å². The molecule has 1 aromatic rings. The molecule has 0 radical (unpaired) electrons. The highest BCUT2D eigenvalue weighted by molar-refractivity contribution is 6.30. The minimum Gasteiger partial charge on any atom is -0.497 e. The first-order valence-electron chi connectivity index (χ1n) is 6.56. The molecule has 0 spiro atoms. The molecule has 0 heterocycles. The average molecular weight is 293 g/mol. The molecule has 0 atom stereocenters. The molecule has 0 N–H and O–H groups in total. The van der Waals surface area contributed by atoms with Crippen molar-refractivity contribution in [2.24, 2.45) is 0 Å². The number of hydrogen-bond donors (Lipinski definition) is 0. The van der Waals surface area contributed by atoms with E-state index in [0.29, 0.717) is 25.0 Å². The van der Waals surface area contributed by atoms with Gasteiger partial charge in [0.2, 0.25) is 0 Å². The summed E-state index contributed by atoms with van der Waals surface area (Å²) < 4.78 is 10.3. The largest absolute Gasteiger partial charge is 0.497 e. The summed E-state index contributed by atoms with van der Waals surface area (Å²) in [6.45, 7) is 2.17. The molecule has 0 saturated heterocycles. The number of rotatable bonds is 4. The number of halogens is 1.